The van der Waals surface area contributed by atoms with Gasteiger partial charge in [-0.1, -0.05) is 42.5 Å². The number of nitrogens with zero attached hydrogens (tertiary/aromatic N) is 2. The molecule has 0 radical (unpaired) electrons. The molecule has 1 aromatic heterocycles. The molecule has 0 spiro atoms. The number of fused-ring (bicyclic) bond motifs is 4. The van der Waals surface area contributed by atoms with Gasteiger partial charge in [-0.25, -0.2) is 4.79 Å². The van der Waals surface area contributed by atoms with Gasteiger partial charge in [-0.2, -0.15) is 13.2 Å². The molecule has 2 aliphatic heterocycles. The smallest absolute Gasteiger partial charge is 0.326 e. The molecular weight excluding hydrogens is 497 g/mol. The van der Waals surface area contributed by atoms with E-state index in [0.717, 1.165) is 29.8 Å². The number of hydrogen-bond acceptors (Lipinski definition) is 3. The third-order valence-corrected chi connectivity index (χ3v) is 7.12. The number of aromatic nitrogens is 1. The third-order valence-electron chi connectivity index (χ3n) is 7.12. The van der Waals surface area contributed by atoms with Crippen molar-refractivity contribution in [1.82, 2.24) is 14.8 Å². The highest BCUT2D eigenvalue weighted by atomic mass is 19.4. The highest BCUT2D eigenvalue weighted by Gasteiger charge is 2.37. The van der Waals surface area contributed by atoms with Crippen LogP contribution in [0, 0.1) is 5.92 Å². The van der Waals surface area contributed by atoms with E-state index in [0.29, 0.717) is 19.6 Å². The zero-order valence-electron chi connectivity index (χ0n) is 20.4. The molecule has 198 valence electrons. The highest BCUT2D eigenvalue weighted by Crippen LogP contribution is 2.35. The molecular formula is C28H27F3N4O3. The first-order valence-electron chi connectivity index (χ1n) is 12.4. The Bertz CT molecular complexity index is 1390. The van der Waals surface area contributed by atoms with Gasteiger partial charge in [0.25, 0.3) is 5.56 Å². The molecule has 2 N–H and O–H groups in total. The molecule has 3 unspecified atom stereocenters. The molecule has 3 atom stereocenters. The van der Waals surface area contributed by atoms with Crippen molar-refractivity contribution in [2.75, 3.05) is 18.4 Å². The Labute approximate surface area is 217 Å². The van der Waals surface area contributed by atoms with Gasteiger partial charge >= 0.3 is 12.2 Å². The minimum absolute atomic E-state index is 0.00770. The van der Waals surface area contributed by atoms with Crippen LogP contribution in [0.4, 0.5) is 23.7 Å². The minimum Gasteiger partial charge on any atom is -0.326 e. The molecule has 2 aromatic carbocycles. The summed E-state index contributed by atoms with van der Waals surface area (Å²) >= 11 is 0. The van der Waals surface area contributed by atoms with Crippen LogP contribution in [-0.2, 0) is 23.9 Å². The van der Waals surface area contributed by atoms with Crippen LogP contribution < -0.4 is 16.2 Å². The number of nitrogens with one attached hydrogen (secondary N) is 2. The van der Waals surface area contributed by atoms with Crippen LogP contribution in [0.5, 0.6) is 0 Å². The van der Waals surface area contributed by atoms with Gasteiger partial charge in [0.2, 0.25) is 5.91 Å². The lowest BCUT2D eigenvalue weighted by molar-refractivity contribution is -0.137. The summed E-state index contributed by atoms with van der Waals surface area (Å²) in [7, 11) is 0. The summed E-state index contributed by atoms with van der Waals surface area (Å²) in [6.45, 7) is 1.37. The number of anilines is 1. The molecule has 2 bridgehead atoms. The highest BCUT2D eigenvalue weighted by molar-refractivity contribution is 5.97. The number of rotatable bonds is 5. The standard InChI is InChI=1S/C28H27F3N4O3/c29-28(30,31)21-8-4-9-22(14-21)32-26(37)23(13-18-6-2-1-3-7-18)33-27(38)34-15-19-12-20(17-34)24-10-5-11-25(36)35(24)16-19/h1-11,14,19-20,23H,12-13,15-17H2,(H,32,37)(H,33,38). The maximum absolute atomic E-state index is 13.4. The number of piperidine rings is 1. The van der Waals surface area contributed by atoms with Gasteiger partial charge in [-0.15, -0.1) is 0 Å². The fourth-order valence-electron chi connectivity index (χ4n) is 5.36. The number of pyridine rings is 1. The Balaban J connectivity index is 1.33. The third kappa shape index (κ3) is 5.58. The molecule has 3 aromatic rings. The van der Waals surface area contributed by atoms with E-state index in [1.165, 1.54) is 18.2 Å². The van der Waals surface area contributed by atoms with Crippen LogP contribution in [0.1, 0.15) is 29.2 Å². The second kappa shape index (κ2) is 10.4. The van der Waals surface area contributed by atoms with Crippen LogP contribution in [0.2, 0.25) is 0 Å². The summed E-state index contributed by atoms with van der Waals surface area (Å²) in [4.78, 5) is 40.6. The van der Waals surface area contributed by atoms with Gasteiger partial charge < -0.3 is 20.1 Å². The number of benzene rings is 2. The Morgan fingerprint density at radius 3 is 2.47 bits per heavy atom. The zero-order chi connectivity index (χ0) is 26.9. The molecule has 3 amide bonds. The molecule has 10 heteroatoms. The number of alkyl halides is 3. The van der Waals surface area contributed by atoms with Crippen molar-refractivity contribution >= 4 is 17.6 Å². The largest absolute Gasteiger partial charge is 0.416 e. The number of urea groups is 1. The Kier molecular flexibility index (Phi) is 6.96. The van der Waals surface area contributed by atoms with Crippen molar-refractivity contribution in [2.45, 2.75) is 37.5 Å². The van der Waals surface area contributed by atoms with Crippen LogP contribution in [0.3, 0.4) is 0 Å². The molecule has 5 rings (SSSR count). The molecule has 2 aliphatic rings. The summed E-state index contributed by atoms with van der Waals surface area (Å²) in [6.07, 6.45) is -3.51. The molecule has 0 aliphatic carbocycles. The predicted molar refractivity (Wildman–Crippen MR) is 136 cm³/mol. The van der Waals surface area contributed by atoms with Gasteiger partial charge in [-0.3, -0.25) is 9.59 Å². The number of hydrogen-bond donors (Lipinski definition) is 2. The summed E-state index contributed by atoms with van der Waals surface area (Å²) in [6, 6.07) is 17.2. The van der Waals surface area contributed by atoms with E-state index in [4.69, 9.17) is 0 Å². The minimum atomic E-state index is -4.55. The number of amides is 3. The van der Waals surface area contributed by atoms with E-state index in [1.807, 2.05) is 36.4 Å². The Hall–Kier alpha value is -4.08. The second-order valence-corrected chi connectivity index (χ2v) is 9.86. The molecule has 1 fully saturated rings. The number of carbonyl (C=O) groups is 2. The van der Waals surface area contributed by atoms with E-state index >= 15 is 0 Å². The van der Waals surface area contributed by atoms with E-state index in [9.17, 15) is 27.6 Å². The summed E-state index contributed by atoms with van der Waals surface area (Å²) in [5.41, 5.74) is 0.754. The average molecular weight is 525 g/mol. The first-order valence-corrected chi connectivity index (χ1v) is 12.4. The maximum Gasteiger partial charge on any atom is 0.416 e. The van der Waals surface area contributed by atoms with E-state index in [-0.39, 0.29) is 29.5 Å². The van der Waals surface area contributed by atoms with Crippen LogP contribution in [0.15, 0.2) is 77.6 Å². The molecule has 1 saturated heterocycles. The van der Waals surface area contributed by atoms with Gasteiger partial charge in [0.1, 0.15) is 6.04 Å². The van der Waals surface area contributed by atoms with Gasteiger partial charge in [-0.05, 0) is 42.2 Å². The van der Waals surface area contributed by atoms with E-state index in [2.05, 4.69) is 10.6 Å². The number of likely N-dealkylation sites (tertiary alicyclic amines) is 1. The lowest BCUT2D eigenvalue weighted by atomic mass is 9.83. The maximum atomic E-state index is 13.4. The number of halogens is 3. The fourth-order valence-corrected chi connectivity index (χ4v) is 5.36. The SMILES string of the molecule is O=C(Nc1cccc(C(F)(F)F)c1)C(Cc1ccccc1)NC(=O)N1CC2CC(C1)c1cccc(=O)n1C2. The van der Waals surface area contributed by atoms with Crippen LogP contribution in [0.25, 0.3) is 0 Å². The first-order chi connectivity index (χ1) is 18.2. The van der Waals surface area contributed by atoms with Gasteiger partial charge in [0.15, 0.2) is 0 Å². The Morgan fingerprint density at radius 1 is 0.947 bits per heavy atom. The summed E-state index contributed by atoms with van der Waals surface area (Å²) < 4.78 is 41.2. The first kappa shape index (κ1) is 25.6. The van der Waals surface area contributed by atoms with Crippen molar-refractivity contribution in [3.8, 4) is 0 Å². The van der Waals surface area contributed by atoms with Crippen molar-refractivity contribution in [3.05, 3.63) is 100.0 Å². The normalized spacial score (nSPS) is 19.3. The van der Waals surface area contributed by atoms with Crippen LogP contribution >= 0.6 is 0 Å². The molecule has 7 nitrogen and oxygen atoms in total. The zero-order valence-corrected chi connectivity index (χ0v) is 20.4. The van der Waals surface area contributed by atoms with Gasteiger partial charge in [0, 0.05) is 49.4 Å². The van der Waals surface area contributed by atoms with Crippen molar-refractivity contribution in [2.24, 2.45) is 5.92 Å². The lowest BCUT2D eigenvalue weighted by Gasteiger charge is -2.43. The summed E-state index contributed by atoms with van der Waals surface area (Å²) in [5, 5.41) is 5.34. The van der Waals surface area contributed by atoms with Crippen molar-refractivity contribution < 1.29 is 22.8 Å². The lowest BCUT2D eigenvalue weighted by Crippen LogP contribution is -2.55. The van der Waals surface area contributed by atoms with Crippen molar-refractivity contribution in [3.63, 3.8) is 0 Å². The van der Waals surface area contributed by atoms with Crippen molar-refractivity contribution in [1.29, 1.82) is 0 Å². The predicted octanol–water partition coefficient (Wildman–Crippen LogP) is 4.25. The van der Waals surface area contributed by atoms with Gasteiger partial charge in [0.05, 0.1) is 5.56 Å². The fraction of sp³-hybridized carbons (Fsp3) is 0.321. The van der Waals surface area contributed by atoms with Crippen LogP contribution in [-0.4, -0.2) is 40.5 Å². The quantitative estimate of drug-likeness (QED) is 0.524. The van der Waals surface area contributed by atoms with E-state index < -0.39 is 29.7 Å². The second-order valence-electron chi connectivity index (χ2n) is 9.86. The Morgan fingerprint density at radius 2 is 1.71 bits per heavy atom. The van der Waals surface area contributed by atoms with E-state index in [1.54, 1.807) is 15.5 Å². The monoisotopic (exact) mass is 524 g/mol. The average Bonchev–Trinajstić information content (AvgIpc) is 2.89. The molecule has 3 heterocycles. The molecule has 38 heavy (non-hydrogen) atoms. The molecule has 0 saturated carbocycles. The summed E-state index contributed by atoms with van der Waals surface area (Å²) in [5.74, 6) is -0.497. The number of carbonyl (C=O) groups excluding carboxylic acids is 2. The topological polar surface area (TPSA) is 83.4 Å².